The number of aromatic hydroxyl groups is 1. The fourth-order valence-corrected chi connectivity index (χ4v) is 3.25. The van der Waals surface area contributed by atoms with E-state index in [4.69, 9.17) is 9.47 Å². The molecule has 1 aliphatic rings. The second-order valence-corrected chi connectivity index (χ2v) is 6.21. The van der Waals surface area contributed by atoms with E-state index in [9.17, 15) is 14.7 Å². The average molecular weight is 413 g/mol. The Morgan fingerprint density at radius 3 is 2.68 bits per heavy atom. The molecule has 7 nitrogen and oxygen atoms in total. The van der Waals surface area contributed by atoms with Gasteiger partial charge in [0.1, 0.15) is 0 Å². The minimum Gasteiger partial charge on any atom is -0.503 e. The summed E-state index contributed by atoms with van der Waals surface area (Å²) in [7, 11) is 1.44. The Labute approximate surface area is 154 Å². The number of halogens is 1. The molecule has 0 fully saturated rings. The highest BCUT2D eigenvalue weighted by Gasteiger charge is 2.35. The van der Waals surface area contributed by atoms with Crippen molar-refractivity contribution >= 4 is 27.9 Å². The number of methoxy groups -OCH3 is 1. The van der Waals surface area contributed by atoms with Gasteiger partial charge in [-0.15, -0.1) is 0 Å². The van der Waals surface area contributed by atoms with E-state index < -0.39 is 18.0 Å². The van der Waals surface area contributed by atoms with Crippen molar-refractivity contribution in [2.45, 2.75) is 32.7 Å². The number of phenolic OH excluding ortho intramolecular Hbond substituents is 1. The van der Waals surface area contributed by atoms with Crippen LogP contribution in [0.3, 0.4) is 0 Å². The molecule has 1 aromatic rings. The van der Waals surface area contributed by atoms with E-state index in [0.717, 1.165) is 6.42 Å². The molecule has 0 radical (unpaired) electrons. The van der Waals surface area contributed by atoms with Gasteiger partial charge in [0.15, 0.2) is 11.5 Å². The highest BCUT2D eigenvalue weighted by molar-refractivity contribution is 9.10. The molecule has 1 heterocycles. The number of benzene rings is 1. The lowest BCUT2D eigenvalue weighted by molar-refractivity contribution is -0.139. The number of urea groups is 1. The number of hydrogen-bond acceptors (Lipinski definition) is 5. The van der Waals surface area contributed by atoms with Crippen LogP contribution in [-0.4, -0.2) is 30.8 Å². The second-order valence-electron chi connectivity index (χ2n) is 5.41. The van der Waals surface area contributed by atoms with Gasteiger partial charge in [0, 0.05) is 5.70 Å². The fourth-order valence-electron chi connectivity index (χ4n) is 2.70. The SMILES string of the molecule is CCCC1=C(C(=O)OCC)C(c2ccc(OC)c(O)c2Br)NC(=O)N1. The Hall–Kier alpha value is -2.22. The van der Waals surface area contributed by atoms with Crippen molar-refractivity contribution in [1.82, 2.24) is 10.6 Å². The average Bonchev–Trinajstić information content (AvgIpc) is 2.57. The van der Waals surface area contributed by atoms with Gasteiger partial charge in [-0.3, -0.25) is 0 Å². The molecule has 0 spiro atoms. The lowest BCUT2D eigenvalue weighted by Gasteiger charge is -2.30. The maximum Gasteiger partial charge on any atom is 0.338 e. The number of carbonyl (C=O) groups is 2. The summed E-state index contributed by atoms with van der Waals surface area (Å²) in [6.45, 7) is 3.89. The summed E-state index contributed by atoms with van der Waals surface area (Å²) >= 11 is 3.33. The predicted molar refractivity (Wildman–Crippen MR) is 95.3 cm³/mol. The van der Waals surface area contributed by atoms with E-state index in [2.05, 4.69) is 26.6 Å². The molecule has 0 saturated carbocycles. The number of hydrogen-bond donors (Lipinski definition) is 3. The first-order valence-corrected chi connectivity index (χ1v) is 8.76. The van der Waals surface area contributed by atoms with Crippen LogP contribution in [-0.2, 0) is 9.53 Å². The molecule has 2 rings (SSSR count). The van der Waals surface area contributed by atoms with Gasteiger partial charge in [0.25, 0.3) is 0 Å². The van der Waals surface area contributed by atoms with Crippen LogP contribution in [0.2, 0.25) is 0 Å². The van der Waals surface area contributed by atoms with E-state index >= 15 is 0 Å². The summed E-state index contributed by atoms with van der Waals surface area (Å²) in [5.74, 6) is -0.329. The number of phenols is 1. The minimum absolute atomic E-state index is 0.104. The summed E-state index contributed by atoms with van der Waals surface area (Å²) in [6.07, 6.45) is 1.28. The lowest BCUT2D eigenvalue weighted by Crippen LogP contribution is -2.46. The van der Waals surface area contributed by atoms with Gasteiger partial charge in [0.05, 0.1) is 29.8 Å². The normalized spacial score (nSPS) is 17.0. The maximum atomic E-state index is 12.5. The third kappa shape index (κ3) is 3.89. The summed E-state index contributed by atoms with van der Waals surface area (Å²) < 4.78 is 10.6. The van der Waals surface area contributed by atoms with Crippen LogP contribution in [0.25, 0.3) is 0 Å². The molecule has 1 unspecified atom stereocenters. The first-order chi connectivity index (χ1) is 11.9. The van der Waals surface area contributed by atoms with Crippen LogP contribution >= 0.6 is 15.9 Å². The molecular weight excluding hydrogens is 392 g/mol. The quantitative estimate of drug-likeness (QED) is 0.623. The molecule has 1 aromatic carbocycles. The van der Waals surface area contributed by atoms with E-state index in [1.54, 1.807) is 19.1 Å². The van der Waals surface area contributed by atoms with Crippen LogP contribution in [0.5, 0.6) is 11.5 Å². The molecule has 8 heteroatoms. The number of ether oxygens (including phenoxy) is 2. The number of esters is 1. The summed E-state index contributed by atoms with van der Waals surface area (Å²) in [4.78, 5) is 24.6. The first-order valence-electron chi connectivity index (χ1n) is 7.97. The van der Waals surface area contributed by atoms with Gasteiger partial charge in [0.2, 0.25) is 0 Å². The monoisotopic (exact) mass is 412 g/mol. The Balaban J connectivity index is 2.59. The van der Waals surface area contributed by atoms with Crippen molar-refractivity contribution in [2.24, 2.45) is 0 Å². The van der Waals surface area contributed by atoms with Gasteiger partial charge >= 0.3 is 12.0 Å². The number of amides is 2. The third-order valence-corrected chi connectivity index (χ3v) is 4.62. The fraction of sp³-hybridized carbons (Fsp3) is 0.412. The van der Waals surface area contributed by atoms with Crippen LogP contribution in [0.1, 0.15) is 38.3 Å². The highest BCUT2D eigenvalue weighted by atomic mass is 79.9. The second kappa shape index (κ2) is 8.24. The molecule has 0 saturated heterocycles. The number of rotatable bonds is 6. The summed E-state index contributed by atoms with van der Waals surface area (Å²) in [5.41, 5.74) is 1.38. The molecule has 3 N–H and O–H groups in total. The minimum atomic E-state index is -0.750. The zero-order chi connectivity index (χ0) is 18.6. The zero-order valence-corrected chi connectivity index (χ0v) is 15.9. The van der Waals surface area contributed by atoms with Crippen molar-refractivity contribution in [3.63, 3.8) is 0 Å². The van der Waals surface area contributed by atoms with Crippen LogP contribution in [0.4, 0.5) is 4.79 Å². The Bertz CT molecular complexity index is 717. The van der Waals surface area contributed by atoms with Gasteiger partial charge < -0.3 is 25.2 Å². The lowest BCUT2D eigenvalue weighted by atomic mass is 9.93. The molecule has 0 aliphatic carbocycles. The third-order valence-electron chi connectivity index (χ3n) is 3.79. The van der Waals surface area contributed by atoms with Gasteiger partial charge in [-0.05, 0) is 40.9 Å². The molecule has 0 bridgehead atoms. The van der Waals surface area contributed by atoms with Crippen LogP contribution < -0.4 is 15.4 Å². The standard InChI is InChI=1S/C17H21BrN2O5/c1-4-6-10-12(16(22)25-5-2)14(20-17(23)19-10)9-7-8-11(24-3)15(21)13(9)18/h7-8,14,21H,4-6H2,1-3H3,(H2,19,20,23). The highest BCUT2D eigenvalue weighted by Crippen LogP contribution is 2.42. The van der Waals surface area contributed by atoms with Crippen molar-refractivity contribution in [3.05, 3.63) is 33.4 Å². The van der Waals surface area contributed by atoms with Crippen molar-refractivity contribution in [3.8, 4) is 11.5 Å². The Kier molecular flexibility index (Phi) is 6.30. The van der Waals surface area contributed by atoms with Crippen molar-refractivity contribution in [2.75, 3.05) is 13.7 Å². The smallest absolute Gasteiger partial charge is 0.338 e. The molecule has 1 atom stereocenters. The Morgan fingerprint density at radius 2 is 2.08 bits per heavy atom. The maximum absolute atomic E-state index is 12.5. The van der Waals surface area contributed by atoms with E-state index in [1.165, 1.54) is 7.11 Å². The van der Waals surface area contributed by atoms with E-state index in [0.29, 0.717) is 27.7 Å². The number of carbonyl (C=O) groups excluding carboxylic acids is 2. The molecule has 0 aromatic heterocycles. The number of nitrogens with one attached hydrogen (secondary N) is 2. The van der Waals surface area contributed by atoms with Crippen LogP contribution in [0, 0.1) is 0 Å². The van der Waals surface area contributed by atoms with Crippen molar-refractivity contribution < 1.29 is 24.2 Å². The predicted octanol–water partition coefficient (Wildman–Crippen LogP) is 3.13. The summed E-state index contributed by atoms with van der Waals surface area (Å²) in [5, 5.41) is 15.7. The Morgan fingerprint density at radius 1 is 1.36 bits per heavy atom. The topological polar surface area (TPSA) is 96.9 Å². The molecule has 136 valence electrons. The van der Waals surface area contributed by atoms with E-state index in [-0.39, 0.29) is 18.1 Å². The van der Waals surface area contributed by atoms with Gasteiger partial charge in [-0.25, -0.2) is 9.59 Å². The molecular formula is C17H21BrN2O5. The van der Waals surface area contributed by atoms with Gasteiger partial charge in [-0.2, -0.15) is 0 Å². The van der Waals surface area contributed by atoms with Crippen LogP contribution in [0.15, 0.2) is 27.9 Å². The van der Waals surface area contributed by atoms with Gasteiger partial charge in [-0.1, -0.05) is 19.4 Å². The molecule has 2 amide bonds. The molecule has 1 aliphatic heterocycles. The first kappa shape index (κ1) is 19.1. The van der Waals surface area contributed by atoms with Crippen molar-refractivity contribution in [1.29, 1.82) is 0 Å². The van der Waals surface area contributed by atoms with E-state index in [1.807, 2.05) is 6.92 Å². The summed E-state index contributed by atoms with van der Waals surface area (Å²) in [6, 6.07) is 2.09. The zero-order valence-electron chi connectivity index (χ0n) is 14.3. The number of allylic oxidation sites excluding steroid dienone is 1. The largest absolute Gasteiger partial charge is 0.503 e. The molecule has 25 heavy (non-hydrogen) atoms.